The van der Waals surface area contributed by atoms with Gasteiger partial charge in [-0.15, -0.1) is 0 Å². The van der Waals surface area contributed by atoms with Crippen LogP contribution in [0, 0.1) is 0 Å². The maximum absolute atomic E-state index is 10.8. The average molecular weight is 207 g/mol. The largest absolute Gasteiger partial charge is 0.478 e. The first kappa shape index (κ1) is 10.8. The molecule has 0 unspecified atom stereocenters. The van der Waals surface area contributed by atoms with Crippen LogP contribution in [0.2, 0.25) is 0 Å². The Bertz CT molecular complexity index is 437. The molecule has 1 rings (SSSR count). The van der Waals surface area contributed by atoms with Crippen molar-refractivity contribution in [3.8, 4) is 0 Å². The number of carbonyl (C=O) groups is 2. The van der Waals surface area contributed by atoms with Gasteiger partial charge in [0.05, 0.1) is 5.56 Å². The Morgan fingerprint density at radius 2 is 1.93 bits per heavy atom. The Labute approximate surface area is 85.5 Å². The lowest BCUT2D eigenvalue weighted by Gasteiger charge is -2.03. The molecule has 0 amide bonds. The number of carboxylic acids is 2. The van der Waals surface area contributed by atoms with Crippen LogP contribution in [-0.4, -0.2) is 22.2 Å². The fraction of sp³-hybridized carbons (Fsp3) is 0. The van der Waals surface area contributed by atoms with Crippen molar-refractivity contribution in [3.05, 3.63) is 35.4 Å². The fourth-order valence-electron chi connectivity index (χ4n) is 1.11. The lowest BCUT2D eigenvalue weighted by atomic mass is 10.1. The summed E-state index contributed by atoms with van der Waals surface area (Å²) in [5.41, 5.74) is 5.95. The molecule has 0 aromatic heterocycles. The molecule has 15 heavy (non-hydrogen) atoms. The van der Waals surface area contributed by atoms with Crippen LogP contribution in [-0.2, 0) is 4.79 Å². The minimum absolute atomic E-state index is 0.0208. The van der Waals surface area contributed by atoms with Gasteiger partial charge in [-0.3, -0.25) is 0 Å². The highest BCUT2D eigenvalue weighted by Crippen LogP contribution is 2.18. The second-order valence-electron chi connectivity index (χ2n) is 2.79. The second-order valence-corrected chi connectivity index (χ2v) is 2.79. The van der Waals surface area contributed by atoms with Crippen molar-refractivity contribution in [1.29, 1.82) is 0 Å². The monoisotopic (exact) mass is 207 g/mol. The fourth-order valence-corrected chi connectivity index (χ4v) is 1.11. The minimum Gasteiger partial charge on any atom is -0.478 e. The third kappa shape index (κ3) is 2.57. The number of anilines is 1. The van der Waals surface area contributed by atoms with Crippen LogP contribution in [0.4, 0.5) is 5.69 Å². The zero-order chi connectivity index (χ0) is 11.4. The van der Waals surface area contributed by atoms with Crippen molar-refractivity contribution in [3.63, 3.8) is 0 Å². The topological polar surface area (TPSA) is 101 Å². The molecular formula is C10H9NO4. The molecule has 0 saturated heterocycles. The van der Waals surface area contributed by atoms with E-state index < -0.39 is 11.9 Å². The SMILES string of the molecule is Nc1cccc(C(=O)O)c1C=CC(=O)O. The van der Waals surface area contributed by atoms with E-state index in [2.05, 4.69) is 0 Å². The van der Waals surface area contributed by atoms with Gasteiger partial charge in [0.25, 0.3) is 0 Å². The van der Waals surface area contributed by atoms with Crippen LogP contribution >= 0.6 is 0 Å². The summed E-state index contributed by atoms with van der Waals surface area (Å²) in [6, 6.07) is 4.37. The van der Waals surface area contributed by atoms with Crippen LogP contribution in [0.3, 0.4) is 0 Å². The molecule has 4 N–H and O–H groups in total. The van der Waals surface area contributed by atoms with Crippen molar-refractivity contribution in [1.82, 2.24) is 0 Å². The Morgan fingerprint density at radius 3 is 2.47 bits per heavy atom. The predicted octanol–water partition coefficient (Wildman–Crippen LogP) is 1.06. The molecule has 5 nitrogen and oxygen atoms in total. The quantitative estimate of drug-likeness (QED) is 0.508. The Balaban J connectivity index is 3.25. The first-order valence-electron chi connectivity index (χ1n) is 4.05. The summed E-state index contributed by atoms with van der Waals surface area (Å²) in [6.45, 7) is 0. The van der Waals surface area contributed by atoms with Gasteiger partial charge in [-0.05, 0) is 18.2 Å². The number of hydrogen-bond donors (Lipinski definition) is 3. The van der Waals surface area contributed by atoms with Gasteiger partial charge in [0.2, 0.25) is 0 Å². The van der Waals surface area contributed by atoms with E-state index in [1.807, 2.05) is 0 Å². The molecule has 0 aliphatic carbocycles. The summed E-state index contributed by atoms with van der Waals surface area (Å²) in [4.78, 5) is 21.1. The first-order valence-corrected chi connectivity index (χ1v) is 4.05. The normalized spacial score (nSPS) is 10.4. The van der Waals surface area contributed by atoms with Crippen molar-refractivity contribution >= 4 is 23.7 Å². The van der Waals surface area contributed by atoms with Crippen LogP contribution in [0.1, 0.15) is 15.9 Å². The van der Waals surface area contributed by atoms with Crippen LogP contribution < -0.4 is 5.73 Å². The number of nitrogens with two attached hydrogens (primary N) is 1. The van der Waals surface area contributed by atoms with E-state index in [0.717, 1.165) is 6.08 Å². The Hall–Kier alpha value is -2.30. The third-order valence-electron chi connectivity index (χ3n) is 1.76. The van der Waals surface area contributed by atoms with Crippen molar-refractivity contribution < 1.29 is 19.8 Å². The van der Waals surface area contributed by atoms with Crippen LogP contribution in [0.15, 0.2) is 24.3 Å². The van der Waals surface area contributed by atoms with Gasteiger partial charge in [0.15, 0.2) is 0 Å². The summed E-state index contributed by atoms with van der Waals surface area (Å²) >= 11 is 0. The number of aliphatic carboxylic acids is 1. The van der Waals surface area contributed by atoms with Gasteiger partial charge in [-0.2, -0.15) is 0 Å². The highest BCUT2D eigenvalue weighted by atomic mass is 16.4. The number of hydrogen-bond acceptors (Lipinski definition) is 3. The van der Waals surface area contributed by atoms with Gasteiger partial charge in [0.1, 0.15) is 0 Å². The number of aromatic carboxylic acids is 1. The summed E-state index contributed by atoms with van der Waals surface area (Å²) in [5, 5.41) is 17.2. The maximum Gasteiger partial charge on any atom is 0.336 e. The molecule has 0 spiro atoms. The van der Waals surface area contributed by atoms with Gasteiger partial charge in [-0.25, -0.2) is 9.59 Å². The standard InChI is InChI=1S/C10H9NO4/c11-8-3-1-2-7(10(14)15)6(8)4-5-9(12)13/h1-5H,11H2,(H,12,13)(H,14,15). The summed E-state index contributed by atoms with van der Waals surface area (Å²) in [6.07, 6.45) is 2.01. The van der Waals surface area contributed by atoms with Gasteiger partial charge in [-0.1, -0.05) is 6.07 Å². The molecule has 0 heterocycles. The third-order valence-corrected chi connectivity index (χ3v) is 1.76. The molecule has 0 saturated carbocycles. The molecule has 0 aliphatic heterocycles. The molecule has 0 fully saturated rings. The molecule has 78 valence electrons. The molecule has 1 aromatic carbocycles. The predicted molar refractivity (Wildman–Crippen MR) is 54.5 cm³/mol. The molecule has 0 radical (unpaired) electrons. The van der Waals surface area contributed by atoms with Gasteiger partial charge in [0, 0.05) is 17.3 Å². The zero-order valence-corrected chi connectivity index (χ0v) is 7.68. The molecule has 5 heteroatoms. The van der Waals surface area contributed by atoms with Crippen molar-refractivity contribution in [2.45, 2.75) is 0 Å². The van der Waals surface area contributed by atoms with Gasteiger partial charge >= 0.3 is 11.9 Å². The highest BCUT2D eigenvalue weighted by Gasteiger charge is 2.09. The summed E-state index contributed by atoms with van der Waals surface area (Å²) in [7, 11) is 0. The Morgan fingerprint density at radius 1 is 1.27 bits per heavy atom. The van der Waals surface area contributed by atoms with E-state index in [-0.39, 0.29) is 16.8 Å². The van der Waals surface area contributed by atoms with Gasteiger partial charge < -0.3 is 15.9 Å². The number of carboxylic acid groups (broad SMARTS) is 2. The molecule has 1 aromatic rings. The number of benzene rings is 1. The highest BCUT2D eigenvalue weighted by molar-refractivity contribution is 5.96. The zero-order valence-electron chi connectivity index (χ0n) is 7.68. The molecule has 0 aliphatic rings. The van der Waals surface area contributed by atoms with E-state index in [1.165, 1.54) is 24.3 Å². The van der Waals surface area contributed by atoms with Crippen molar-refractivity contribution in [2.24, 2.45) is 0 Å². The molecule has 0 bridgehead atoms. The number of nitrogen functional groups attached to an aromatic ring is 1. The average Bonchev–Trinajstić information content (AvgIpc) is 2.15. The first-order chi connectivity index (χ1) is 7.02. The second kappa shape index (κ2) is 4.28. The number of rotatable bonds is 3. The summed E-state index contributed by atoms with van der Waals surface area (Å²) in [5.74, 6) is -2.30. The maximum atomic E-state index is 10.8. The summed E-state index contributed by atoms with van der Waals surface area (Å²) < 4.78 is 0. The van der Waals surface area contributed by atoms with E-state index in [4.69, 9.17) is 15.9 Å². The lowest BCUT2D eigenvalue weighted by molar-refractivity contribution is -0.131. The Kier molecular flexibility index (Phi) is 3.07. The van der Waals surface area contributed by atoms with E-state index in [9.17, 15) is 9.59 Å². The van der Waals surface area contributed by atoms with E-state index in [1.54, 1.807) is 0 Å². The smallest absolute Gasteiger partial charge is 0.336 e. The van der Waals surface area contributed by atoms with E-state index in [0.29, 0.717) is 0 Å². The van der Waals surface area contributed by atoms with Crippen LogP contribution in [0.25, 0.3) is 6.08 Å². The minimum atomic E-state index is -1.16. The van der Waals surface area contributed by atoms with Crippen LogP contribution in [0.5, 0.6) is 0 Å². The lowest BCUT2D eigenvalue weighted by Crippen LogP contribution is -2.02. The van der Waals surface area contributed by atoms with E-state index >= 15 is 0 Å². The molecule has 0 atom stereocenters. The molecular weight excluding hydrogens is 198 g/mol. The van der Waals surface area contributed by atoms with Crippen molar-refractivity contribution in [2.75, 3.05) is 5.73 Å².